The van der Waals surface area contributed by atoms with Gasteiger partial charge in [-0.15, -0.1) is 0 Å². The molecule has 8 nitrogen and oxygen atoms in total. The van der Waals surface area contributed by atoms with Crippen LogP contribution in [0.2, 0.25) is 5.15 Å². The summed E-state index contributed by atoms with van der Waals surface area (Å²) in [6, 6.07) is -0.0262. The minimum Gasteiger partial charge on any atom is -0.462 e. The van der Waals surface area contributed by atoms with E-state index in [4.69, 9.17) is 16.3 Å². The predicted octanol–water partition coefficient (Wildman–Crippen LogP) is 2.58. The summed E-state index contributed by atoms with van der Waals surface area (Å²) in [6.07, 6.45) is 1.47. The van der Waals surface area contributed by atoms with E-state index in [1.54, 1.807) is 13.8 Å². The molecule has 1 atom stereocenters. The molecule has 0 spiro atoms. The first-order chi connectivity index (χ1) is 12.9. The average molecular weight is 412 g/mol. The van der Waals surface area contributed by atoms with E-state index < -0.39 is 0 Å². The van der Waals surface area contributed by atoms with E-state index >= 15 is 0 Å². The molecule has 0 aromatic carbocycles. The van der Waals surface area contributed by atoms with E-state index in [1.165, 1.54) is 11.3 Å². The number of rotatable bonds is 6. The lowest BCUT2D eigenvalue weighted by Gasteiger charge is -2.15. The predicted molar refractivity (Wildman–Crippen MR) is 104 cm³/mol. The number of aromatic nitrogens is 3. The van der Waals surface area contributed by atoms with Crippen LogP contribution in [0.5, 0.6) is 0 Å². The van der Waals surface area contributed by atoms with Crippen LogP contribution in [0.3, 0.4) is 0 Å². The van der Waals surface area contributed by atoms with Gasteiger partial charge in [0.1, 0.15) is 4.88 Å². The maximum atomic E-state index is 12.4. The van der Waals surface area contributed by atoms with Crippen molar-refractivity contribution in [3.05, 3.63) is 27.2 Å². The highest BCUT2D eigenvalue weighted by Crippen LogP contribution is 2.29. The number of amides is 1. The van der Waals surface area contributed by atoms with Crippen molar-refractivity contribution in [1.29, 1.82) is 0 Å². The molecule has 3 rings (SSSR count). The van der Waals surface area contributed by atoms with Crippen LogP contribution >= 0.6 is 22.9 Å². The highest BCUT2D eigenvalue weighted by Gasteiger charge is 2.28. The molecule has 1 saturated heterocycles. The average Bonchev–Trinajstić information content (AvgIpc) is 3.33. The van der Waals surface area contributed by atoms with Crippen molar-refractivity contribution in [2.75, 3.05) is 24.6 Å². The van der Waals surface area contributed by atoms with Gasteiger partial charge in [0, 0.05) is 19.1 Å². The molecular weight excluding hydrogens is 390 g/mol. The Labute approximate surface area is 166 Å². The number of thiazole rings is 1. The minimum absolute atomic E-state index is 0.0262. The van der Waals surface area contributed by atoms with Crippen LogP contribution in [0.4, 0.5) is 5.13 Å². The molecule has 0 aliphatic carbocycles. The number of carbonyl (C=O) groups excluding carboxylic acids is 2. The van der Waals surface area contributed by atoms with E-state index in [-0.39, 0.29) is 23.7 Å². The van der Waals surface area contributed by atoms with Crippen molar-refractivity contribution in [3.8, 4) is 0 Å². The topological polar surface area (TPSA) is 100 Å². The number of H-pyrrole nitrogens is 1. The number of halogens is 1. The van der Waals surface area contributed by atoms with Crippen molar-refractivity contribution in [3.63, 3.8) is 0 Å². The first-order valence-electron chi connectivity index (χ1n) is 8.87. The fourth-order valence-corrected chi connectivity index (χ4v) is 4.20. The molecule has 146 valence electrons. The molecule has 0 bridgehead atoms. The van der Waals surface area contributed by atoms with Crippen LogP contribution in [0.15, 0.2) is 0 Å². The highest BCUT2D eigenvalue weighted by molar-refractivity contribution is 7.17. The minimum atomic E-state index is -0.343. The lowest BCUT2D eigenvalue weighted by molar-refractivity contribution is 0.0531. The molecule has 0 unspecified atom stereocenters. The summed E-state index contributed by atoms with van der Waals surface area (Å²) in [5, 5.41) is 4.08. The van der Waals surface area contributed by atoms with Crippen LogP contribution in [0.25, 0.3) is 0 Å². The Hall–Kier alpha value is -2.13. The number of aryl methyl sites for hydroxylation is 2. The van der Waals surface area contributed by atoms with Crippen LogP contribution in [-0.2, 0) is 11.2 Å². The SMILES string of the molecule is CCOC(=O)c1sc(N2CC[C@@H](NC(=O)c3nc(Cl)c(CC)[nH]3)C2)nc1C. The Bertz CT molecular complexity index is 850. The first-order valence-corrected chi connectivity index (χ1v) is 10.1. The number of nitrogens with one attached hydrogen (secondary N) is 2. The number of carbonyl (C=O) groups is 2. The largest absolute Gasteiger partial charge is 0.462 e. The van der Waals surface area contributed by atoms with Gasteiger partial charge in [-0.25, -0.2) is 14.8 Å². The van der Waals surface area contributed by atoms with E-state index in [1.807, 2.05) is 6.92 Å². The molecule has 0 radical (unpaired) electrons. The molecule has 27 heavy (non-hydrogen) atoms. The Morgan fingerprint density at radius 2 is 2.19 bits per heavy atom. The zero-order chi connectivity index (χ0) is 19.6. The lowest BCUT2D eigenvalue weighted by atomic mass is 10.2. The Morgan fingerprint density at radius 1 is 1.41 bits per heavy atom. The summed E-state index contributed by atoms with van der Waals surface area (Å²) in [4.78, 5) is 38.5. The maximum absolute atomic E-state index is 12.4. The van der Waals surface area contributed by atoms with E-state index in [2.05, 4.69) is 25.2 Å². The van der Waals surface area contributed by atoms with E-state index in [0.29, 0.717) is 35.3 Å². The first kappa shape index (κ1) is 19.6. The summed E-state index contributed by atoms with van der Waals surface area (Å²) in [6.45, 7) is 7.22. The second-order valence-electron chi connectivity index (χ2n) is 6.24. The number of hydrogen-bond donors (Lipinski definition) is 2. The number of hydrogen-bond acceptors (Lipinski definition) is 7. The normalized spacial score (nSPS) is 16.6. The Morgan fingerprint density at radius 3 is 2.85 bits per heavy atom. The van der Waals surface area contributed by atoms with Crippen LogP contribution in [0, 0.1) is 6.92 Å². The Kier molecular flexibility index (Phi) is 6.01. The number of imidazole rings is 1. The molecule has 2 aromatic rings. The molecular formula is C17H22ClN5O3S. The molecule has 1 fully saturated rings. The van der Waals surface area contributed by atoms with Gasteiger partial charge in [-0.05, 0) is 26.7 Å². The monoisotopic (exact) mass is 411 g/mol. The number of nitrogens with zero attached hydrogens (tertiary/aromatic N) is 3. The lowest BCUT2D eigenvalue weighted by Crippen LogP contribution is -2.37. The number of aromatic amines is 1. The van der Waals surface area contributed by atoms with Gasteiger partial charge in [0.05, 0.1) is 18.0 Å². The van der Waals surface area contributed by atoms with Crippen LogP contribution in [-0.4, -0.2) is 52.6 Å². The number of anilines is 1. The molecule has 1 aliphatic heterocycles. The van der Waals surface area contributed by atoms with Gasteiger partial charge in [0.25, 0.3) is 5.91 Å². The number of esters is 1. The second kappa shape index (κ2) is 8.26. The van der Waals surface area contributed by atoms with Gasteiger partial charge in [-0.1, -0.05) is 29.9 Å². The fourth-order valence-electron chi connectivity index (χ4n) is 2.94. The third-order valence-corrected chi connectivity index (χ3v) is 5.85. The van der Waals surface area contributed by atoms with Crippen molar-refractivity contribution < 1.29 is 14.3 Å². The van der Waals surface area contributed by atoms with E-state index in [9.17, 15) is 9.59 Å². The third kappa shape index (κ3) is 4.24. The fraction of sp³-hybridized carbons (Fsp3) is 0.529. The van der Waals surface area contributed by atoms with Crippen molar-refractivity contribution >= 4 is 39.9 Å². The third-order valence-electron chi connectivity index (χ3n) is 4.34. The quantitative estimate of drug-likeness (QED) is 0.708. The van der Waals surface area contributed by atoms with Crippen molar-refractivity contribution in [2.45, 2.75) is 39.7 Å². The smallest absolute Gasteiger partial charge is 0.350 e. The molecule has 1 amide bonds. The summed E-state index contributed by atoms with van der Waals surface area (Å²) < 4.78 is 5.06. The molecule has 10 heteroatoms. The molecule has 2 aromatic heterocycles. The molecule has 1 aliphatic rings. The highest BCUT2D eigenvalue weighted by atomic mass is 35.5. The summed E-state index contributed by atoms with van der Waals surface area (Å²) in [7, 11) is 0. The summed E-state index contributed by atoms with van der Waals surface area (Å²) >= 11 is 7.32. The Balaban J connectivity index is 1.62. The van der Waals surface area contributed by atoms with Gasteiger partial charge in [0.2, 0.25) is 0 Å². The van der Waals surface area contributed by atoms with Crippen LogP contribution < -0.4 is 10.2 Å². The van der Waals surface area contributed by atoms with E-state index in [0.717, 1.165) is 23.8 Å². The maximum Gasteiger partial charge on any atom is 0.350 e. The zero-order valence-electron chi connectivity index (χ0n) is 15.5. The summed E-state index contributed by atoms with van der Waals surface area (Å²) in [5.74, 6) is -0.389. The van der Waals surface area contributed by atoms with Gasteiger partial charge >= 0.3 is 5.97 Å². The molecule has 2 N–H and O–H groups in total. The van der Waals surface area contributed by atoms with Gasteiger partial charge in [-0.2, -0.15) is 0 Å². The number of ether oxygens (including phenoxy) is 1. The second-order valence-corrected chi connectivity index (χ2v) is 7.58. The molecule has 3 heterocycles. The molecule has 0 saturated carbocycles. The van der Waals surface area contributed by atoms with Crippen molar-refractivity contribution in [1.82, 2.24) is 20.3 Å². The van der Waals surface area contributed by atoms with Crippen molar-refractivity contribution in [2.24, 2.45) is 0 Å². The van der Waals surface area contributed by atoms with Crippen LogP contribution in [0.1, 0.15) is 51.9 Å². The zero-order valence-corrected chi connectivity index (χ0v) is 17.0. The standard InChI is InChI=1S/C17H22ClN5O3S/c1-4-11-13(18)22-14(21-11)15(24)20-10-6-7-23(8-10)17-19-9(3)12(27-17)16(25)26-5-2/h10H,4-8H2,1-3H3,(H,20,24)(H,21,22)/t10-/m1/s1. The van der Waals surface area contributed by atoms with Gasteiger partial charge in [-0.3, -0.25) is 4.79 Å². The summed E-state index contributed by atoms with van der Waals surface area (Å²) in [5.41, 5.74) is 1.41. The van der Waals surface area contributed by atoms with Gasteiger partial charge < -0.3 is 19.9 Å². The van der Waals surface area contributed by atoms with Gasteiger partial charge in [0.15, 0.2) is 16.1 Å².